The molecule has 1 heterocycles. The van der Waals surface area contributed by atoms with Gasteiger partial charge in [0.05, 0.1) is 5.56 Å². The van der Waals surface area contributed by atoms with Crippen molar-refractivity contribution >= 4 is 27.7 Å². The van der Waals surface area contributed by atoms with Crippen LogP contribution in [0.1, 0.15) is 56.0 Å². The molecule has 2 aromatic rings. The van der Waals surface area contributed by atoms with Crippen molar-refractivity contribution in [2.75, 3.05) is 13.1 Å². The molecular weight excluding hydrogens is 466 g/mol. The number of fused-ring (bicyclic) bond motifs is 1. The fraction of sp³-hybridized carbons (Fsp3) is 0.423. The second-order valence-electron chi connectivity index (χ2n) is 8.69. The van der Waals surface area contributed by atoms with Gasteiger partial charge in [-0.25, -0.2) is 12.7 Å². The van der Waals surface area contributed by atoms with E-state index in [9.17, 15) is 22.8 Å². The number of hydrogen-bond donors (Lipinski definition) is 1. The van der Waals surface area contributed by atoms with Crippen molar-refractivity contribution in [2.24, 2.45) is 0 Å². The molecule has 1 aliphatic heterocycles. The molecule has 0 aliphatic carbocycles. The first kappa shape index (κ1) is 26.4. The van der Waals surface area contributed by atoms with Crippen molar-refractivity contribution in [3.63, 3.8) is 0 Å². The molecule has 3 rings (SSSR count). The summed E-state index contributed by atoms with van der Waals surface area (Å²) in [6.45, 7) is 5.74. The molecule has 35 heavy (non-hydrogen) atoms. The summed E-state index contributed by atoms with van der Waals surface area (Å²) in [6, 6.07) is 14.9. The number of carbonyl (C=O) groups is 3. The van der Waals surface area contributed by atoms with Gasteiger partial charge in [0.15, 0.2) is 0 Å². The maximum Gasteiger partial charge on any atom is 0.269 e. The average molecular weight is 500 g/mol. The Balaban J connectivity index is 1.78. The molecule has 2 atom stereocenters. The second-order valence-corrected chi connectivity index (χ2v) is 10.5. The molecule has 8 nitrogen and oxygen atoms in total. The van der Waals surface area contributed by atoms with Crippen LogP contribution >= 0.6 is 0 Å². The summed E-state index contributed by atoms with van der Waals surface area (Å²) in [5.74, 6) is -1.24. The molecule has 3 amide bonds. The van der Waals surface area contributed by atoms with E-state index in [0.29, 0.717) is 19.4 Å². The van der Waals surface area contributed by atoms with Crippen molar-refractivity contribution in [3.05, 3.63) is 65.7 Å². The van der Waals surface area contributed by atoms with Gasteiger partial charge >= 0.3 is 0 Å². The van der Waals surface area contributed by atoms with Crippen LogP contribution < -0.4 is 5.32 Å². The topological polar surface area (TPSA) is 104 Å². The summed E-state index contributed by atoms with van der Waals surface area (Å²) >= 11 is 0. The summed E-state index contributed by atoms with van der Waals surface area (Å²) in [5, 5.41) is 2.95. The number of benzene rings is 2. The molecule has 2 aromatic carbocycles. The van der Waals surface area contributed by atoms with Gasteiger partial charge in [-0.15, -0.1) is 0 Å². The lowest BCUT2D eigenvalue weighted by Crippen LogP contribution is -2.52. The molecule has 0 spiro atoms. The van der Waals surface area contributed by atoms with Crippen LogP contribution in [0.5, 0.6) is 0 Å². The van der Waals surface area contributed by atoms with Crippen LogP contribution in [0.15, 0.2) is 59.5 Å². The summed E-state index contributed by atoms with van der Waals surface area (Å²) < 4.78 is 26.5. The number of nitrogens with one attached hydrogen (secondary N) is 1. The molecule has 0 saturated carbocycles. The lowest BCUT2D eigenvalue weighted by atomic mass is 10.1. The molecule has 0 bridgehead atoms. The van der Waals surface area contributed by atoms with Gasteiger partial charge in [0, 0.05) is 25.6 Å². The van der Waals surface area contributed by atoms with E-state index in [1.807, 2.05) is 51.1 Å². The highest BCUT2D eigenvalue weighted by atomic mass is 32.2. The molecule has 0 saturated heterocycles. The van der Waals surface area contributed by atoms with Crippen LogP contribution in [0.25, 0.3) is 0 Å². The van der Waals surface area contributed by atoms with Crippen LogP contribution in [0.4, 0.5) is 0 Å². The molecule has 0 unspecified atom stereocenters. The van der Waals surface area contributed by atoms with E-state index in [1.54, 1.807) is 12.1 Å². The zero-order chi connectivity index (χ0) is 25.6. The Kier molecular flexibility index (Phi) is 8.67. The lowest BCUT2D eigenvalue weighted by molar-refractivity contribution is -0.141. The molecule has 0 aromatic heterocycles. The molecule has 1 aliphatic rings. The predicted molar refractivity (Wildman–Crippen MR) is 133 cm³/mol. The van der Waals surface area contributed by atoms with E-state index in [-0.39, 0.29) is 41.3 Å². The number of sulfonamides is 1. The molecule has 1 N–H and O–H groups in total. The number of nitrogens with zero attached hydrogens (tertiary/aromatic N) is 2. The summed E-state index contributed by atoms with van der Waals surface area (Å²) in [6.07, 6.45) is 1.51. The Bertz CT molecular complexity index is 1170. The SMILES string of the molecule is CC[C@@H](C)NC(=O)[C@@H](CC)N(CCc1ccccc1)C(=O)CCN1C(=O)c2ccccc2S1(=O)=O. The third-order valence-corrected chi connectivity index (χ3v) is 8.15. The van der Waals surface area contributed by atoms with Crippen molar-refractivity contribution in [2.45, 2.75) is 63.4 Å². The Morgan fingerprint density at radius 1 is 1.00 bits per heavy atom. The van der Waals surface area contributed by atoms with Gasteiger partial charge < -0.3 is 10.2 Å². The molecule has 0 fully saturated rings. The summed E-state index contributed by atoms with van der Waals surface area (Å²) in [7, 11) is -4.00. The Morgan fingerprint density at radius 3 is 2.29 bits per heavy atom. The first-order valence-corrected chi connectivity index (χ1v) is 13.4. The fourth-order valence-electron chi connectivity index (χ4n) is 4.13. The molecule has 9 heteroatoms. The Hall–Kier alpha value is -3.20. The van der Waals surface area contributed by atoms with Gasteiger partial charge in [-0.1, -0.05) is 56.3 Å². The Morgan fingerprint density at radius 2 is 1.66 bits per heavy atom. The van der Waals surface area contributed by atoms with Crippen LogP contribution in [-0.4, -0.2) is 60.5 Å². The highest BCUT2D eigenvalue weighted by Crippen LogP contribution is 2.30. The van der Waals surface area contributed by atoms with Crippen molar-refractivity contribution in [1.29, 1.82) is 0 Å². The highest BCUT2D eigenvalue weighted by molar-refractivity contribution is 7.90. The average Bonchev–Trinajstić information content (AvgIpc) is 3.05. The van der Waals surface area contributed by atoms with E-state index in [4.69, 9.17) is 0 Å². The van der Waals surface area contributed by atoms with E-state index >= 15 is 0 Å². The minimum absolute atomic E-state index is 0.0338. The normalized spacial score (nSPS) is 15.9. The zero-order valence-electron chi connectivity index (χ0n) is 20.4. The quantitative estimate of drug-likeness (QED) is 0.512. The van der Waals surface area contributed by atoms with Gasteiger partial charge in [-0.2, -0.15) is 0 Å². The third-order valence-electron chi connectivity index (χ3n) is 6.31. The number of hydrogen-bond acceptors (Lipinski definition) is 5. The first-order valence-electron chi connectivity index (χ1n) is 12.0. The van der Waals surface area contributed by atoms with Crippen LogP contribution in [0.2, 0.25) is 0 Å². The maximum absolute atomic E-state index is 13.4. The largest absolute Gasteiger partial charge is 0.352 e. The minimum Gasteiger partial charge on any atom is -0.352 e. The number of carbonyl (C=O) groups excluding carboxylic acids is 3. The van der Waals surface area contributed by atoms with E-state index in [2.05, 4.69) is 5.32 Å². The van der Waals surface area contributed by atoms with Gasteiger partial charge in [-0.05, 0) is 43.9 Å². The summed E-state index contributed by atoms with van der Waals surface area (Å²) in [4.78, 5) is 40.6. The van der Waals surface area contributed by atoms with Crippen LogP contribution in [0.3, 0.4) is 0 Å². The van der Waals surface area contributed by atoms with Gasteiger partial charge in [0.1, 0.15) is 10.9 Å². The highest BCUT2D eigenvalue weighted by Gasteiger charge is 2.41. The Labute approximate surface area is 207 Å². The zero-order valence-corrected chi connectivity index (χ0v) is 21.3. The fourth-order valence-corrected chi connectivity index (χ4v) is 5.70. The smallest absolute Gasteiger partial charge is 0.269 e. The van der Waals surface area contributed by atoms with E-state index in [0.717, 1.165) is 16.3 Å². The predicted octanol–water partition coefficient (Wildman–Crippen LogP) is 2.99. The van der Waals surface area contributed by atoms with Crippen molar-refractivity contribution in [3.8, 4) is 0 Å². The lowest BCUT2D eigenvalue weighted by Gasteiger charge is -2.32. The third kappa shape index (κ3) is 5.90. The minimum atomic E-state index is -4.00. The van der Waals surface area contributed by atoms with Gasteiger partial charge in [0.2, 0.25) is 11.8 Å². The van der Waals surface area contributed by atoms with Gasteiger partial charge in [0.25, 0.3) is 15.9 Å². The van der Waals surface area contributed by atoms with E-state index < -0.39 is 22.0 Å². The standard InChI is InChI=1S/C26H33N3O5S/c1-4-19(3)27-25(31)22(5-2)28(17-15-20-11-7-6-8-12-20)24(30)16-18-29-26(32)21-13-9-10-14-23(21)35(29,33)34/h6-14,19,22H,4-5,15-18H2,1-3H3,(H,27,31)/t19-,22-/m1/s1. The monoisotopic (exact) mass is 499 g/mol. The van der Waals surface area contributed by atoms with Crippen molar-refractivity contribution in [1.82, 2.24) is 14.5 Å². The summed E-state index contributed by atoms with van der Waals surface area (Å²) in [5.41, 5.74) is 1.13. The molecular formula is C26H33N3O5S. The number of rotatable bonds is 11. The van der Waals surface area contributed by atoms with Crippen LogP contribution in [-0.2, 0) is 26.0 Å². The van der Waals surface area contributed by atoms with Crippen LogP contribution in [0, 0.1) is 0 Å². The molecule has 188 valence electrons. The maximum atomic E-state index is 13.4. The second kappa shape index (κ2) is 11.5. The first-order chi connectivity index (χ1) is 16.7. The molecule has 0 radical (unpaired) electrons. The van der Waals surface area contributed by atoms with Crippen molar-refractivity contribution < 1.29 is 22.8 Å². The number of amides is 3. The van der Waals surface area contributed by atoms with E-state index in [1.165, 1.54) is 17.0 Å². The van der Waals surface area contributed by atoms with Gasteiger partial charge in [-0.3, -0.25) is 14.4 Å².